The van der Waals surface area contributed by atoms with Gasteiger partial charge in [0, 0.05) is 0 Å². The predicted octanol–water partition coefficient (Wildman–Crippen LogP) is 19.6. The predicted molar refractivity (Wildman–Crippen MR) is 252 cm³/mol. The van der Waals surface area contributed by atoms with Gasteiger partial charge in [-0.05, 0) is 122 Å². The van der Waals surface area contributed by atoms with Crippen LogP contribution >= 0.6 is 17.0 Å². The summed E-state index contributed by atoms with van der Waals surface area (Å²) in [6.07, 6.45) is -18.7. The monoisotopic (exact) mass is 1120 g/mol. The summed E-state index contributed by atoms with van der Waals surface area (Å²) in [4.78, 5) is 0. The fraction of sp³-hybridized carbons (Fsp3) is 0.269. The molecule has 372 valence electrons. The van der Waals surface area contributed by atoms with Crippen LogP contribution in [0.25, 0.3) is 66.4 Å². The molecular weight excluding hydrogens is 1070 g/mol. The first kappa shape index (κ1) is 54.8. The molecule has 0 atom stereocenters. The summed E-state index contributed by atoms with van der Waals surface area (Å²) in [5.74, 6) is 2.68. The molecule has 2 heterocycles. The van der Waals surface area contributed by atoms with Crippen LogP contribution in [0.1, 0.15) is 69.9 Å². The van der Waals surface area contributed by atoms with Gasteiger partial charge in [-0.1, -0.05) is 48.2 Å². The van der Waals surface area contributed by atoms with Crippen molar-refractivity contribution in [1.82, 2.24) is 0 Å². The summed E-state index contributed by atoms with van der Waals surface area (Å²) in [5, 5.41) is 2.59. The van der Waals surface area contributed by atoms with Gasteiger partial charge in [0.05, 0.1) is 45.3 Å². The van der Waals surface area contributed by atoms with Crippen molar-refractivity contribution >= 4 is 44.0 Å². The third-order valence-electron chi connectivity index (χ3n) is 11.7. The van der Waals surface area contributed by atoms with Gasteiger partial charge in [-0.2, -0.15) is 52.7 Å². The number of hydrogen-bond donors (Lipinski definition) is 0. The zero-order valence-corrected chi connectivity index (χ0v) is 43.7. The molecular formula is C52H44Cl2F12O2SiZr-2. The van der Waals surface area contributed by atoms with Gasteiger partial charge in [-0.15, -0.1) is 57.9 Å². The molecule has 0 unspecified atom stereocenters. The van der Waals surface area contributed by atoms with Crippen molar-refractivity contribution in [3.63, 3.8) is 0 Å². The van der Waals surface area contributed by atoms with Crippen molar-refractivity contribution in [3.05, 3.63) is 153 Å². The Bertz CT molecular complexity index is 2910. The molecule has 0 aliphatic carbocycles. The maximum atomic E-state index is 13.4. The Morgan fingerprint density at radius 1 is 0.486 bits per heavy atom. The maximum absolute atomic E-state index is 13.4. The van der Waals surface area contributed by atoms with Crippen molar-refractivity contribution in [3.8, 4) is 44.9 Å². The second-order valence-electron chi connectivity index (χ2n) is 16.9. The van der Waals surface area contributed by atoms with E-state index < -0.39 is 64.9 Å². The van der Waals surface area contributed by atoms with Crippen LogP contribution < -0.4 is 0 Å². The average molecular weight is 1120 g/mol. The summed E-state index contributed by atoms with van der Waals surface area (Å²) in [5.41, 5.74) is -0.368. The second-order valence-corrected chi connectivity index (χ2v) is 39.9. The minimum absolute atomic E-state index is 0.112. The Morgan fingerprint density at radius 3 is 1.01 bits per heavy atom. The number of alkyl halides is 12. The fourth-order valence-electron chi connectivity index (χ4n) is 7.84. The summed E-state index contributed by atoms with van der Waals surface area (Å²) >= 11 is -1.65. The number of rotatable bonds is 6. The molecule has 2 nitrogen and oxygen atoms in total. The summed E-state index contributed by atoms with van der Waals surface area (Å²) < 4.78 is 173. The van der Waals surface area contributed by atoms with E-state index in [1.807, 2.05) is 77.9 Å². The van der Waals surface area contributed by atoms with Gasteiger partial charge in [-0.3, -0.25) is 0 Å². The van der Waals surface area contributed by atoms with Crippen LogP contribution in [0, 0.1) is 27.7 Å². The van der Waals surface area contributed by atoms with Crippen LogP contribution in [0.5, 0.6) is 0 Å². The van der Waals surface area contributed by atoms with E-state index in [9.17, 15) is 52.7 Å². The molecule has 18 heteroatoms. The number of benzene rings is 4. The SMILES string of the molecule is CCc1ccc2[cH-]c(-c3cc(C)c(C)o3)cc2c1-c1cc(C(F)(F)F)cc(C(F)(F)F)c1.CCc1ccc2[cH-]c(-c3cc(C)c(C)o3)cc2c1-c1cc(C(F)(F)F)cc(C(F)(F)F)c1.C[Si](C)=[Zr]([Cl])[Cl]. The Balaban J connectivity index is 0.000000206. The molecule has 2 aromatic heterocycles. The molecule has 0 N–H and O–H groups in total. The molecule has 8 rings (SSSR count). The molecule has 0 aliphatic heterocycles. The number of hydrogen-bond acceptors (Lipinski definition) is 2. The van der Waals surface area contributed by atoms with Crippen LogP contribution in [0.2, 0.25) is 13.1 Å². The zero-order valence-electron chi connectivity index (χ0n) is 38.8. The van der Waals surface area contributed by atoms with Crippen LogP contribution in [-0.2, 0) is 55.5 Å². The molecule has 0 fully saturated rings. The molecule has 0 saturated heterocycles. The van der Waals surface area contributed by atoms with Crippen molar-refractivity contribution < 1.29 is 79.5 Å². The molecule has 0 saturated carbocycles. The second kappa shape index (κ2) is 20.9. The quantitative estimate of drug-likeness (QED) is 0.0942. The third kappa shape index (κ3) is 12.4. The normalized spacial score (nSPS) is 12.3. The zero-order chi connectivity index (χ0) is 52.0. The number of fused-ring (bicyclic) bond motifs is 2. The van der Waals surface area contributed by atoms with Gasteiger partial charge in [0.25, 0.3) is 0 Å². The number of furan rings is 2. The molecule has 0 bridgehead atoms. The Kier molecular flexibility index (Phi) is 16.4. The van der Waals surface area contributed by atoms with Crippen molar-refractivity contribution in [2.45, 2.75) is 92.2 Å². The standard InChI is InChI=1S/2C25H19F6O.C2H6Si.2ClH.Zr/c2*1-4-15-5-6-16-8-17(22-7-13(2)14(3)32-22)11-21(16)23(15)18-9-19(24(26,27)28)12-20(10-18)25(29,30)31;1-3-2;;;/h2*5-12H,4H2,1-3H3;1-2H3;2*1H;/q2*-1;;;;+2/p-2. The van der Waals surface area contributed by atoms with E-state index in [1.165, 1.54) is 0 Å². The molecule has 0 radical (unpaired) electrons. The first-order valence-corrected chi connectivity index (χ1v) is 34.1. The van der Waals surface area contributed by atoms with Crippen molar-refractivity contribution in [2.24, 2.45) is 0 Å². The van der Waals surface area contributed by atoms with E-state index in [0.717, 1.165) is 46.9 Å². The molecule has 0 spiro atoms. The van der Waals surface area contributed by atoms with Gasteiger partial charge >= 0.3 is 78.2 Å². The van der Waals surface area contributed by atoms with Crippen LogP contribution in [0.4, 0.5) is 52.7 Å². The molecule has 8 aromatic rings. The summed E-state index contributed by atoms with van der Waals surface area (Å²) in [7, 11) is 11.2. The third-order valence-corrected chi connectivity index (χ3v) is 31.5. The molecule has 0 amide bonds. The summed E-state index contributed by atoms with van der Waals surface area (Å²) in [6.45, 7) is 15.4. The van der Waals surface area contributed by atoms with Crippen molar-refractivity contribution in [1.29, 1.82) is 0 Å². The number of aryl methyl sites for hydroxylation is 6. The van der Waals surface area contributed by atoms with E-state index in [2.05, 4.69) is 13.1 Å². The Hall–Kier alpha value is -4.50. The van der Waals surface area contributed by atoms with Crippen molar-refractivity contribution in [2.75, 3.05) is 0 Å². The minimum atomic E-state index is -4.91. The van der Waals surface area contributed by atoms with Gasteiger partial charge < -0.3 is 8.83 Å². The van der Waals surface area contributed by atoms with Crippen LogP contribution in [0.15, 0.2) is 106 Å². The topological polar surface area (TPSA) is 26.3 Å². The fourth-order valence-corrected chi connectivity index (χ4v) is 7.84. The van der Waals surface area contributed by atoms with Gasteiger partial charge in [0.2, 0.25) is 0 Å². The van der Waals surface area contributed by atoms with E-state index in [-0.39, 0.29) is 28.7 Å². The van der Waals surface area contributed by atoms with Crippen LogP contribution in [0.3, 0.4) is 0 Å². The Morgan fingerprint density at radius 2 is 0.786 bits per heavy atom. The first-order valence-electron chi connectivity index (χ1n) is 21.6. The summed E-state index contributed by atoms with van der Waals surface area (Å²) in [6, 6.07) is 21.5. The molecule has 0 aliphatic rings. The van der Waals surface area contributed by atoms with Gasteiger partial charge in [-0.25, -0.2) is 0 Å². The molecule has 6 aromatic carbocycles. The first-order chi connectivity index (χ1) is 32.4. The number of halogens is 14. The van der Waals surface area contributed by atoms with Crippen LogP contribution in [-0.4, -0.2) is 5.43 Å². The Labute approximate surface area is 411 Å². The average Bonchev–Trinajstić information content (AvgIpc) is 4.06. The van der Waals surface area contributed by atoms with Gasteiger partial charge in [0.15, 0.2) is 0 Å². The van der Waals surface area contributed by atoms with E-state index in [4.69, 9.17) is 25.9 Å². The molecule has 70 heavy (non-hydrogen) atoms. The van der Waals surface area contributed by atoms with E-state index in [0.29, 0.717) is 79.3 Å². The van der Waals surface area contributed by atoms with E-state index in [1.54, 1.807) is 24.3 Å². The van der Waals surface area contributed by atoms with E-state index >= 15 is 0 Å². The van der Waals surface area contributed by atoms with Gasteiger partial charge in [0.1, 0.15) is 0 Å².